The highest BCUT2D eigenvalue weighted by Gasteiger charge is 2.26. The molecule has 2 aromatic heterocycles. The molecule has 0 radical (unpaired) electrons. The molecule has 1 fully saturated rings. The standard InChI is InChI=1S/C16H21FN6OS/c17-12-5-11(14(19)24)15(21-10-7-20-25-8-10)23-16(12)22-13-4-2-1-3-9(13)6-18/h5,7-9,13H,1-4,6,18H2,(H2,19,24)(H2,21,22,23)/t9?,13-/m1/s1. The van der Waals surface area contributed by atoms with Gasteiger partial charge in [0.15, 0.2) is 11.6 Å². The van der Waals surface area contributed by atoms with E-state index >= 15 is 0 Å². The Balaban J connectivity index is 1.89. The molecule has 2 atom stereocenters. The van der Waals surface area contributed by atoms with Crippen LogP contribution in [-0.2, 0) is 0 Å². The van der Waals surface area contributed by atoms with Crippen molar-refractivity contribution < 1.29 is 9.18 Å². The molecule has 0 spiro atoms. The predicted octanol–water partition coefficient (Wildman–Crippen LogP) is 2.45. The van der Waals surface area contributed by atoms with Gasteiger partial charge in [-0.05, 0) is 42.9 Å². The molecule has 0 aliphatic heterocycles. The summed E-state index contributed by atoms with van der Waals surface area (Å²) >= 11 is 1.25. The SMILES string of the molecule is NCC1CCCC[C@H]1Nc1nc(Nc2cnsc2)c(C(N)=O)cc1F. The van der Waals surface area contributed by atoms with Gasteiger partial charge in [-0.15, -0.1) is 0 Å². The van der Waals surface area contributed by atoms with Crippen LogP contribution in [0.25, 0.3) is 0 Å². The van der Waals surface area contributed by atoms with Gasteiger partial charge in [-0.2, -0.15) is 4.37 Å². The van der Waals surface area contributed by atoms with Crippen LogP contribution in [0.2, 0.25) is 0 Å². The van der Waals surface area contributed by atoms with E-state index in [0.29, 0.717) is 12.2 Å². The van der Waals surface area contributed by atoms with Crippen molar-refractivity contribution in [2.45, 2.75) is 31.7 Å². The van der Waals surface area contributed by atoms with Gasteiger partial charge in [-0.3, -0.25) is 4.79 Å². The number of primary amides is 1. The molecule has 1 unspecified atom stereocenters. The van der Waals surface area contributed by atoms with Crippen molar-refractivity contribution in [3.8, 4) is 0 Å². The average Bonchev–Trinajstić information content (AvgIpc) is 3.11. The predicted molar refractivity (Wildman–Crippen MR) is 96.5 cm³/mol. The van der Waals surface area contributed by atoms with Gasteiger partial charge in [0.05, 0.1) is 17.4 Å². The van der Waals surface area contributed by atoms with Crippen LogP contribution in [0, 0.1) is 11.7 Å². The molecule has 1 amide bonds. The fourth-order valence-electron chi connectivity index (χ4n) is 3.13. The summed E-state index contributed by atoms with van der Waals surface area (Å²) in [6, 6.07) is 1.18. The molecule has 1 aliphatic rings. The normalized spacial score (nSPS) is 20.2. The van der Waals surface area contributed by atoms with E-state index in [-0.39, 0.29) is 29.2 Å². The summed E-state index contributed by atoms with van der Waals surface area (Å²) < 4.78 is 18.4. The average molecular weight is 364 g/mol. The molecule has 1 aliphatic carbocycles. The molecule has 1 saturated carbocycles. The van der Waals surface area contributed by atoms with Crippen LogP contribution in [-0.4, -0.2) is 27.9 Å². The monoisotopic (exact) mass is 364 g/mol. The minimum atomic E-state index is -0.749. The van der Waals surface area contributed by atoms with Crippen LogP contribution in [0.3, 0.4) is 0 Å². The number of nitrogens with one attached hydrogen (secondary N) is 2. The minimum Gasteiger partial charge on any atom is -0.365 e. The Morgan fingerprint density at radius 3 is 2.84 bits per heavy atom. The highest BCUT2D eigenvalue weighted by atomic mass is 32.1. The number of nitrogens with zero attached hydrogens (tertiary/aromatic N) is 2. The van der Waals surface area contributed by atoms with Crippen molar-refractivity contribution in [1.82, 2.24) is 9.36 Å². The van der Waals surface area contributed by atoms with E-state index in [4.69, 9.17) is 11.5 Å². The molecular weight excluding hydrogens is 343 g/mol. The minimum absolute atomic E-state index is 0.00623. The largest absolute Gasteiger partial charge is 0.365 e. The topological polar surface area (TPSA) is 119 Å². The van der Waals surface area contributed by atoms with E-state index in [2.05, 4.69) is 20.0 Å². The van der Waals surface area contributed by atoms with E-state index in [0.717, 1.165) is 31.7 Å². The van der Waals surface area contributed by atoms with Gasteiger partial charge in [0.1, 0.15) is 5.82 Å². The summed E-state index contributed by atoms with van der Waals surface area (Å²) in [5.41, 5.74) is 11.8. The lowest BCUT2D eigenvalue weighted by molar-refractivity contribution is 0.100. The molecular formula is C16H21FN6OS. The van der Waals surface area contributed by atoms with Gasteiger partial charge in [-0.1, -0.05) is 12.8 Å². The maximum absolute atomic E-state index is 14.5. The summed E-state index contributed by atoms with van der Waals surface area (Å²) in [6.45, 7) is 0.546. The zero-order valence-corrected chi connectivity index (χ0v) is 14.5. The first-order valence-electron chi connectivity index (χ1n) is 8.22. The van der Waals surface area contributed by atoms with Crippen molar-refractivity contribution >= 4 is 34.8 Å². The van der Waals surface area contributed by atoms with Crippen LogP contribution in [0.1, 0.15) is 36.0 Å². The molecule has 25 heavy (non-hydrogen) atoms. The molecule has 2 aromatic rings. The summed E-state index contributed by atoms with van der Waals surface area (Å²) in [5, 5.41) is 7.89. The number of nitrogens with two attached hydrogens (primary N) is 2. The Labute approximate surface area is 149 Å². The summed E-state index contributed by atoms with van der Waals surface area (Å²) in [7, 11) is 0. The van der Waals surface area contributed by atoms with E-state index in [1.54, 1.807) is 11.6 Å². The fourth-order valence-corrected chi connectivity index (χ4v) is 3.60. The van der Waals surface area contributed by atoms with Crippen molar-refractivity contribution in [3.05, 3.63) is 29.0 Å². The van der Waals surface area contributed by atoms with Crippen molar-refractivity contribution in [1.29, 1.82) is 0 Å². The lowest BCUT2D eigenvalue weighted by atomic mass is 9.84. The zero-order chi connectivity index (χ0) is 17.8. The number of anilines is 3. The zero-order valence-electron chi connectivity index (χ0n) is 13.7. The van der Waals surface area contributed by atoms with Gasteiger partial charge < -0.3 is 22.1 Å². The summed E-state index contributed by atoms with van der Waals surface area (Å²) in [5.74, 6) is -0.772. The van der Waals surface area contributed by atoms with Crippen LogP contribution in [0.4, 0.5) is 21.7 Å². The molecule has 0 aromatic carbocycles. The van der Waals surface area contributed by atoms with Gasteiger partial charge in [0.2, 0.25) is 0 Å². The van der Waals surface area contributed by atoms with Crippen molar-refractivity contribution in [3.63, 3.8) is 0 Å². The number of amides is 1. The molecule has 3 rings (SSSR count). The van der Waals surface area contributed by atoms with E-state index in [1.807, 2.05) is 0 Å². The molecule has 0 saturated heterocycles. The second-order valence-electron chi connectivity index (χ2n) is 6.15. The van der Waals surface area contributed by atoms with Gasteiger partial charge in [0, 0.05) is 11.4 Å². The molecule has 0 bridgehead atoms. The summed E-state index contributed by atoms with van der Waals surface area (Å²) in [6.07, 6.45) is 5.73. The van der Waals surface area contributed by atoms with E-state index in [1.165, 1.54) is 11.5 Å². The van der Waals surface area contributed by atoms with Crippen LogP contribution in [0.5, 0.6) is 0 Å². The third kappa shape index (κ3) is 4.05. The fraction of sp³-hybridized carbons (Fsp3) is 0.438. The maximum atomic E-state index is 14.5. The second-order valence-corrected chi connectivity index (χ2v) is 6.81. The van der Waals surface area contributed by atoms with Crippen molar-refractivity contribution in [2.24, 2.45) is 17.4 Å². The van der Waals surface area contributed by atoms with Gasteiger partial charge >= 0.3 is 0 Å². The lowest BCUT2D eigenvalue weighted by Gasteiger charge is -2.32. The van der Waals surface area contributed by atoms with E-state index < -0.39 is 11.7 Å². The van der Waals surface area contributed by atoms with Gasteiger partial charge in [0.25, 0.3) is 5.91 Å². The lowest BCUT2D eigenvalue weighted by Crippen LogP contribution is -2.37. The highest BCUT2D eigenvalue weighted by Crippen LogP contribution is 2.29. The Bertz CT molecular complexity index is 738. The first-order chi connectivity index (χ1) is 12.1. The molecule has 6 N–H and O–H groups in total. The quantitative estimate of drug-likeness (QED) is 0.625. The Morgan fingerprint density at radius 1 is 1.36 bits per heavy atom. The maximum Gasteiger partial charge on any atom is 0.252 e. The molecule has 134 valence electrons. The molecule has 2 heterocycles. The molecule has 7 nitrogen and oxygen atoms in total. The number of hydrogen-bond acceptors (Lipinski definition) is 7. The second kappa shape index (κ2) is 7.75. The Morgan fingerprint density at radius 2 is 2.16 bits per heavy atom. The number of hydrogen-bond donors (Lipinski definition) is 4. The van der Waals surface area contributed by atoms with E-state index in [9.17, 15) is 9.18 Å². The van der Waals surface area contributed by atoms with Crippen LogP contribution >= 0.6 is 11.5 Å². The summed E-state index contributed by atoms with van der Waals surface area (Å²) in [4.78, 5) is 15.9. The number of pyridine rings is 1. The Hall–Kier alpha value is -2.26. The smallest absolute Gasteiger partial charge is 0.252 e. The first-order valence-corrected chi connectivity index (χ1v) is 9.05. The third-order valence-electron chi connectivity index (χ3n) is 4.47. The third-order valence-corrected chi connectivity index (χ3v) is 5.06. The molecule has 9 heteroatoms. The number of carbonyl (C=O) groups is 1. The highest BCUT2D eigenvalue weighted by molar-refractivity contribution is 7.04. The van der Waals surface area contributed by atoms with Gasteiger partial charge in [-0.25, -0.2) is 9.37 Å². The van der Waals surface area contributed by atoms with Crippen LogP contribution in [0.15, 0.2) is 17.6 Å². The number of rotatable bonds is 6. The number of halogens is 1. The Kier molecular flexibility index (Phi) is 5.44. The van der Waals surface area contributed by atoms with Crippen molar-refractivity contribution in [2.75, 3.05) is 17.2 Å². The number of carbonyl (C=O) groups excluding carboxylic acids is 1. The number of aromatic nitrogens is 2. The first kappa shape index (κ1) is 17.6. The van der Waals surface area contributed by atoms with Crippen LogP contribution < -0.4 is 22.1 Å².